The summed E-state index contributed by atoms with van der Waals surface area (Å²) in [6.45, 7) is 3.96. The van der Waals surface area contributed by atoms with Crippen LogP contribution in [0.25, 0.3) is 0 Å². The van der Waals surface area contributed by atoms with E-state index in [4.69, 9.17) is 0 Å². The van der Waals surface area contributed by atoms with Gasteiger partial charge >= 0.3 is 0 Å². The number of carbonyl (C=O) groups excluding carboxylic acids is 1. The predicted molar refractivity (Wildman–Crippen MR) is 44.1 cm³/mol. The Morgan fingerprint density at radius 1 is 1.31 bits per heavy atom. The fourth-order valence-corrected chi connectivity index (χ4v) is 1.13. The summed E-state index contributed by atoms with van der Waals surface area (Å²) in [7, 11) is 0. The van der Waals surface area contributed by atoms with E-state index < -0.39 is 0 Å². The van der Waals surface area contributed by atoms with E-state index in [1.165, 1.54) is 0 Å². The Balaban J connectivity index is 0. The van der Waals surface area contributed by atoms with Gasteiger partial charge in [-0.05, 0) is 0 Å². The van der Waals surface area contributed by atoms with Crippen molar-refractivity contribution in [3.63, 3.8) is 0 Å². The first-order valence-corrected chi connectivity index (χ1v) is 3.57. The topological polar surface area (TPSA) is 17.1 Å². The van der Waals surface area contributed by atoms with Gasteiger partial charge < -0.3 is 4.79 Å². The van der Waals surface area contributed by atoms with Gasteiger partial charge in [0.2, 0.25) is 0 Å². The second-order valence-electron chi connectivity index (χ2n) is 2.62. The maximum absolute atomic E-state index is 10.1. The summed E-state index contributed by atoms with van der Waals surface area (Å²) in [5, 5.41) is 0. The third-order valence-electron chi connectivity index (χ3n) is 1.80. The second-order valence-corrected chi connectivity index (χ2v) is 2.62. The van der Waals surface area contributed by atoms with Crippen LogP contribution >= 0.6 is 0 Å². The predicted octanol–water partition coefficient (Wildman–Crippen LogP) is 1.75. The SMILES string of the molecule is Cc1c[c-]cc(C)c1C[C-]=O.[W].[Y]. The Kier molecular flexibility index (Phi) is 9.96. The zero-order chi connectivity index (χ0) is 8.27. The fraction of sp³-hybridized carbons (Fsp3) is 0.300. The van der Waals surface area contributed by atoms with Gasteiger partial charge in [0, 0.05) is 53.8 Å². The van der Waals surface area contributed by atoms with Crippen LogP contribution in [0.2, 0.25) is 0 Å². The molecular formula is C10H10OWY-2. The quantitative estimate of drug-likeness (QED) is 0.669. The molecule has 0 unspecified atom stereocenters. The van der Waals surface area contributed by atoms with E-state index in [0.717, 1.165) is 16.7 Å². The molecule has 0 spiro atoms. The Bertz CT molecular complexity index is 253. The van der Waals surface area contributed by atoms with Crippen LogP contribution in [0, 0.1) is 19.9 Å². The van der Waals surface area contributed by atoms with Crippen molar-refractivity contribution in [2.24, 2.45) is 0 Å². The average Bonchev–Trinajstić information content (AvgIpc) is 1.97. The van der Waals surface area contributed by atoms with Crippen molar-refractivity contribution >= 4 is 6.29 Å². The summed E-state index contributed by atoms with van der Waals surface area (Å²) in [5.74, 6) is 0. The van der Waals surface area contributed by atoms with Gasteiger partial charge in [0.25, 0.3) is 0 Å². The van der Waals surface area contributed by atoms with E-state index >= 15 is 0 Å². The molecule has 1 nitrogen and oxygen atoms in total. The molecule has 0 aliphatic rings. The first-order chi connectivity index (χ1) is 5.25. The normalized spacial score (nSPS) is 8.15. The molecule has 0 aromatic heterocycles. The maximum atomic E-state index is 10.1. The van der Waals surface area contributed by atoms with Gasteiger partial charge in [-0.15, -0.1) is 6.42 Å². The summed E-state index contributed by atoms with van der Waals surface area (Å²) in [4.78, 5) is 10.1. The smallest absolute Gasteiger partial charge is 0 e. The summed E-state index contributed by atoms with van der Waals surface area (Å²) in [6, 6.07) is 6.78. The van der Waals surface area contributed by atoms with Crippen molar-refractivity contribution in [3.05, 3.63) is 34.9 Å². The molecule has 67 valence electrons. The minimum Gasteiger partial charge on any atom is -0.542 e. The summed E-state index contributed by atoms with van der Waals surface area (Å²) in [5.41, 5.74) is 3.32. The van der Waals surface area contributed by atoms with E-state index in [0.29, 0.717) is 6.42 Å². The molecule has 1 aromatic carbocycles. The van der Waals surface area contributed by atoms with E-state index in [-0.39, 0.29) is 53.8 Å². The molecule has 1 radical (unpaired) electrons. The van der Waals surface area contributed by atoms with Crippen molar-refractivity contribution in [1.29, 1.82) is 0 Å². The first-order valence-electron chi connectivity index (χ1n) is 3.57. The van der Waals surface area contributed by atoms with Crippen LogP contribution in [0.3, 0.4) is 0 Å². The van der Waals surface area contributed by atoms with Gasteiger partial charge in [0.15, 0.2) is 0 Å². The molecule has 13 heavy (non-hydrogen) atoms. The summed E-state index contributed by atoms with van der Waals surface area (Å²) >= 11 is 0. The van der Waals surface area contributed by atoms with Gasteiger partial charge in [-0.25, -0.2) is 0 Å². The molecule has 0 saturated heterocycles. The van der Waals surface area contributed by atoms with Crippen LogP contribution in [-0.2, 0) is 65.0 Å². The van der Waals surface area contributed by atoms with Crippen LogP contribution in [-0.4, -0.2) is 6.29 Å². The van der Waals surface area contributed by atoms with Crippen LogP contribution in [0.4, 0.5) is 0 Å². The van der Waals surface area contributed by atoms with E-state index in [2.05, 4.69) is 6.07 Å². The largest absolute Gasteiger partial charge is 0.542 e. The van der Waals surface area contributed by atoms with Gasteiger partial charge in [0.05, 0.1) is 0 Å². The van der Waals surface area contributed by atoms with Gasteiger partial charge in [-0.1, -0.05) is 13.8 Å². The first kappa shape index (κ1) is 16.1. The number of rotatable bonds is 2. The minimum absolute atomic E-state index is 0. The number of aryl methyl sites for hydroxylation is 2. The summed E-state index contributed by atoms with van der Waals surface area (Å²) < 4.78 is 0. The molecule has 0 fully saturated rings. The molecule has 0 aliphatic heterocycles. The fourth-order valence-electron chi connectivity index (χ4n) is 1.13. The van der Waals surface area contributed by atoms with Gasteiger partial charge in [0.1, 0.15) is 0 Å². The molecule has 1 aromatic rings. The molecule has 0 amide bonds. The Morgan fingerprint density at radius 3 is 2.15 bits per heavy atom. The van der Waals surface area contributed by atoms with Gasteiger partial charge in [-0.2, -0.15) is 34.9 Å². The van der Waals surface area contributed by atoms with Gasteiger partial charge in [-0.3, -0.25) is 6.29 Å². The third-order valence-corrected chi connectivity index (χ3v) is 1.80. The van der Waals surface area contributed by atoms with Crippen LogP contribution in [0.1, 0.15) is 16.7 Å². The zero-order valence-electron chi connectivity index (χ0n) is 7.76. The monoisotopic (exact) mass is 419 g/mol. The van der Waals surface area contributed by atoms with Crippen molar-refractivity contribution in [3.8, 4) is 0 Å². The van der Waals surface area contributed by atoms with Crippen molar-refractivity contribution in [1.82, 2.24) is 0 Å². The summed E-state index contributed by atoms with van der Waals surface area (Å²) in [6.07, 6.45) is 2.30. The van der Waals surface area contributed by atoms with E-state index in [1.807, 2.05) is 32.3 Å². The standard InChI is InChI=1S/C10H10O.W.Y/c1-8-4-3-5-9(2)10(8)6-7-11;;/h4-5H,6H2,1-2H3;;/q-2;;. The number of hydrogen-bond donors (Lipinski definition) is 0. The molecule has 0 aliphatic carbocycles. The van der Waals surface area contributed by atoms with E-state index in [9.17, 15) is 4.79 Å². The molecule has 0 bridgehead atoms. The molecule has 0 saturated carbocycles. The Labute approximate surface area is 119 Å². The maximum Gasteiger partial charge on any atom is 0 e. The molecule has 0 heterocycles. The third kappa shape index (κ3) is 4.63. The van der Waals surface area contributed by atoms with Crippen molar-refractivity contribution in [2.75, 3.05) is 0 Å². The number of hydrogen-bond acceptors (Lipinski definition) is 1. The Hall–Kier alpha value is 0.682. The molecule has 1 rings (SSSR count). The van der Waals surface area contributed by atoms with Crippen LogP contribution < -0.4 is 0 Å². The Morgan fingerprint density at radius 2 is 1.77 bits per heavy atom. The van der Waals surface area contributed by atoms with Crippen molar-refractivity contribution in [2.45, 2.75) is 20.3 Å². The van der Waals surface area contributed by atoms with Crippen LogP contribution in [0.5, 0.6) is 0 Å². The van der Waals surface area contributed by atoms with Crippen molar-refractivity contribution < 1.29 is 58.6 Å². The average molecular weight is 419 g/mol. The second kappa shape index (κ2) is 8.03. The number of benzene rings is 1. The minimum atomic E-state index is 0. The molecular weight excluding hydrogens is 409 g/mol. The zero-order valence-corrected chi connectivity index (χ0v) is 13.5. The van der Waals surface area contributed by atoms with Crippen LogP contribution in [0.15, 0.2) is 12.1 Å². The molecule has 3 heteroatoms. The molecule has 0 N–H and O–H groups in total. The van der Waals surface area contributed by atoms with E-state index in [1.54, 1.807) is 0 Å². The molecule has 0 atom stereocenters.